The summed E-state index contributed by atoms with van der Waals surface area (Å²) in [6, 6.07) is 15.5. The maximum atomic E-state index is 13.1. The van der Waals surface area contributed by atoms with Crippen LogP contribution in [0.1, 0.15) is 21.5 Å². The van der Waals surface area contributed by atoms with E-state index in [1.807, 2.05) is 0 Å². The van der Waals surface area contributed by atoms with E-state index >= 15 is 0 Å². The standard InChI is InChI=1S/C22H15ClF3N3O3/c23-20-18(10-5-11-27-20)21(31)32-14-19(30)29(28-13-15-6-2-1-3-7-15)17-9-4-8-16(12-17)22(24,25)26/h1-13H,14H2/b28-13+. The molecule has 0 atom stereocenters. The van der Waals surface area contributed by atoms with E-state index in [1.165, 1.54) is 30.6 Å². The molecule has 1 amide bonds. The fraction of sp³-hybridized carbons (Fsp3) is 0.0909. The van der Waals surface area contributed by atoms with Gasteiger partial charge in [0.05, 0.1) is 23.0 Å². The molecular formula is C22H15ClF3N3O3. The smallest absolute Gasteiger partial charge is 0.416 e. The van der Waals surface area contributed by atoms with Crippen LogP contribution in [0.2, 0.25) is 5.15 Å². The van der Waals surface area contributed by atoms with Gasteiger partial charge in [-0.05, 0) is 35.9 Å². The van der Waals surface area contributed by atoms with Crippen molar-refractivity contribution in [1.82, 2.24) is 4.98 Å². The first-order valence-corrected chi connectivity index (χ1v) is 9.50. The Morgan fingerprint density at radius 3 is 2.50 bits per heavy atom. The normalized spacial score (nSPS) is 11.4. The Bertz CT molecular complexity index is 1140. The summed E-state index contributed by atoms with van der Waals surface area (Å²) in [7, 11) is 0. The van der Waals surface area contributed by atoms with Crippen LogP contribution in [0.25, 0.3) is 0 Å². The predicted octanol–water partition coefficient (Wildman–Crippen LogP) is 4.98. The number of carbonyl (C=O) groups excluding carboxylic acids is 2. The maximum absolute atomic E-state index is 13.1. The van der Waals surface area contributed by atoms with Gasteiger partial charge in [-0.15, -0.1) is 0 Å². The van der Waals surface area contributed by atoms with Crippen LogP contribution in [0, 0.1) is 0 Å². The molecule has 0 saturated heterocycles. The van der Waals surface area contributed by atoms with Crippen molar-refractivity contribution in [2.75, 3.05) is 11.6 Å². The Hall–Kier alpha value is -3.72. The Balaban J connectivity index is 1.85. The molecule has 0 bridgehead atoms. The fourth-order valence-corrected chi connectivity index (χ4v) is 2.75. The first-order valence-electron chi connectivity index (χ1n) is 9.12. The second kappa shape index (κ2) is 10.1. The first-order chi connectivity index (χ1) is 15.3. The number of amides is 1. The summed E-state index contributed by atoms with van der Waals surface area (Å²) >= 11 is 5.83. The molecule has 3 aromatic rings. The Morgan fingerprint density at radius 1 is 1.06 bits per heavy atom. The van der Waals surface area contributed by atoms with Gasteiger partial charge in [0.1, 0.15) is 5.15 Å². The molecule has 0 radical (unpaired) electrons. The molecular weight excluding hydrogens is 447 g/mol. The number of alkyl halides is 3. The molecule has 2 aromatic carbocycles. The van der Waals surface area contributed by atoms with Gasteiger partial charge < -0.3 is 4.74 Å². The highest BCUT2D eigenvalue weighted by Crippen LogP contribution is 2.31. The summed E-state index contributed by atoms with van der Waals surface area (Å²) in [6.07, 6.45) is -1.94. The lowest BCUT2D eigenvalue weighted by atomic mass is 10.2. The van der Waals surface area contributed by atoms with E-state index in [1.54, 1.807) is 30.3 Å². The van der Waals surface area contributed by atoms with Crippen molar-refractivity contribution in [2.45, 2.75) is 6.18 Å². The zero-order valence-corrected chi connectivity index (χ0v) is 17.0. The Morgan fingerprint density at radius 2 is 1.81 bits per heavy atom. The molecule has 32 heavy (non-hydrogen) atoms. The average Bonchev–Trinajstić information content (AvgIpc) is 2.78. The van der Waals surface area contributed by atoms with Crippen molar-refractivity contribution in [3.05, 3.63) is 94.8 Å². The fourth-order valence-electron chi connectivity index (χ4n) is 2.56. The van der Waals surface area contributed by atoms with E-state index in [0.29, 0.717) is 5.56 Å². The van der Waals surface area contributed by atoms with Crippen molar-refractivity contribution in [3.63, 3.8) is 0 Å². The molecule has 0 aliphatic rings. The lowest BCUT2D eigenvalue weighted by Crippen LogP contribution is -2.31. The summed E-state index contributed by atoms with van der Waals surface area (Å²) in [5.41, 5.74) is -0.550. The minimum Gasteiger partial charge on any atom is -0.452 e. The minimum absolute atomic E-state index is 0.0552. The van der Waals surface area contributed by atoms with Gasteiger partial charge in [0.2, 0.25) is 0 Å². The third-order valence-corrected chi connectivity index (χ3v) is 4.38. The van der Waals surface area contributed by atoms with Gasteiger partial charge in [-0.3, -0.25) is 4.79 Å². The van der Waals surface area contributed by atoms with Crippen LogP contribution in [0.3, 0.4) is 0 Å². The van der Waals surface area contributed by atoms with Gasteiger partial charge in [0.25, 0.3) is 5.91 Å². The van der Waals surface area contributed by atoms with Crippen molar-refractivity contribution in [1.29, 1.82) is 0 Å². The summed E-state index contributed by atoms with van der Waals surface area (Å²) < 4.78 is 44.4. The van der Waals surface area contributed by atoms with Crippen LogP contribution < -0.4 is 5.01 Å². The molecule has 1 heterocycles. The van der Waals surface area contributed by atoms with E-state index in [4.69, 9.17) is 16.3 Å². The van der Waals surface area contributed by atoms with Crippen molar-refractivity contribution >= 4 is 35.4 Å². The number of aromatic nitrogens is 1. The Labute approximate surface area is 185 Å². The predicted molar refractivity (Wildman–Crippen MR) is 112 cm³/mol. The van der Waals surface area contributed by atoms with Gasteiger partial charge >= 0.3 is 12.1 Å². The average molecular weight is 462 g/mol. The number of anilines is 1. The molecule has 0 aliphatic heterocycles. The van der Waals surface area contributed by atoms with E-state index < -0.39 is 30.2 Å². The summed E-state index contributed by atoms with van der Waals surface area (Å²) in [5.74, 6) is -1.78. The SMILES string of the molecule is O=C(OCC(=O)N(/N=C/c1ccccc1)c1cccc(C(F)(F)F)c1)c1cccnc1Cl. The number of benzene rings is 2. The largest absolute Gasteiger partial charge is 0.452 e. The molecule has 0 fully saturated rings. The van der Waals surface area contributed by atoms with Gasteiger partial charge in [-0.2, -0.15) is 23.3 Å². The minimum atomic E-state index is -4.61. The number of rotatable bonds is 6. The number of hydrogen-bond donors (Lipinski definition) is 0. The molecule has 0 saturated carbocycles. The molecule has 0 N–H and O–H groups in total. The lowest BCUT2D eigenvalue weighted by molar-refractivity contribution is -0.137. The number of nitrogens with zero attached hydrogens (tertiary/aromatic N) is 3. The van der Waals surface area contributed by atoms with Gasteiger partial charge in [-0.1, -0.05) is 48.0 Å². The summed E-state index contributed by atoms with van der Waals surface area (Å²) in [6.45, 7) is -0.785. The highest BCUT2D eigenvalue weighted by atomic mass is 35.5. The van der Waals surface area contributed by atoms with Gasteiger partial charge in [0, 0.05) is 6.20 Å². The van der Waals surface area contributed by atoms with Crippen LogP contribution in [-0.4, -0.2) is 29.7 Å². The summed E-state index contributed by atoms with van der Waals surface area (Å²) in [5, 5.41) is 4.64. The number of hydrazone groups is 1. The quantitative estimate of drug-likeness (QED) is 0.225. The molecule has 3 rings (SSSR count). The van der Waals surface area contributed by atoms with Gasteiger partial charge in [-0.25, -0.2) is 9.78 Å². The van der Waals surface area contributed by atoms with E-state index in [2.05, 4.69) is 10.1 Å². The zero-order valence-electron chi connectivity index (χ0n) is 16.3. The molecule has 6 nitrogen and oxygen atoms in total. The Kier molecular flexibility index (Phi) is 7.21. The van der Waals surface area contributed by atoms with Crippen LogP contribution in [0.15, 0.2) is 78.0 Å². The number of halogens is 4. The van der Waals surface area contributed by atoms with Crippen molar-refractivity contribution in [3.8, 4) is 0 Å². The van der Waals surface area contributed by atoms with Crippen LogP contribution in [-0.2, 0) is 15.7 Å². The monoisotopic (exact) mass is 461 g/mol. The molecule has 0 spiro atoms. The van der Waals surface area contributed by atoms with Gasteiger partial charge in [0.15, 0.2) is 6.61 Å². The van der Waals surface area contributed by atoms with Crippen LogP contribution >= 0.6 is 11.6 Å². The number of carbonyl (C=O) groups is 2. The van der Waals surface area contributed by atoms with Crippen LogP contribution in [0.5, 0.6) is 0 Å². The first kappa shape index (κ1) is 23.0. The third kappa shape index (κ3) is 5.92. The van der Waals surface area contributed by atoms with Crippen molar-refractivity contribution in [2.24, 2.45) is 5.10 Å². The van der Waals surface area contributed by atoms with E-state index in [-0.39, 0.29) is 16.4 Å². The third-order valence-electron chi connectivity index (χ3n) is 4.08. The summed E-state index contributed by atoms with van der Waals surface area (Å²) in [4.78, 5) is 28.7. The lowest BCUT2D eigenvalue weighted by Gasteiger charge is -2.18. The van der Waals surface area contributed by atoms with Crippen molar-refractivity contribution < 1.29 is 27.5 Å². The van der Waals surface area contributed by atoms with Crippen LogP contribution in [0.4, 0.5) is 18.9 Å². The highest BCUT2D eigenvalue weighted by Gasteiger charge is 2.31. The second-order valence-electron chi connectivity index (χ2n) is 6.33. The van der Waals surface area contributed by atoms with E-state index in [9.17, 15) is 22.8 Å². The number of pyridine rings is 1. The molecule has 0 aliphatic carbocycles. The topological polar surface area (TPSA) is 71.9 Å². The molecule has 164 valence electrons. The van der Waals surface area contributed by atoms with E-state index in [0.717, 1.165) is 23.2 Å². The molecule has 0 unspecified atom stereocenters. The number of esters is 1. The number of ether oxygens (including phenoxy) is 1. The maximum Gasteiger partial charge on any atom is 0.416 e. The molecule has 10 heteroatoms. The highest BCUT2D eigenvalue weighted by molar-refractivity contribution is 6.32. The molecule has 1 aromatic heterocycles. The number of hydrogen-bond acceptors (Lipinski definition) is 5. The zero-order chi connectivity index (χ0) is 23.1. The second-order valence-corrected chi connectivity index (χ2v) is 6.68.